The van der Waals surface area contributed by atoms with Gasteiger partial charge in [-0.25, -0.2) is 0 Å². The lowest BCUT2D eigenvalue weighted by Crippen LogP contribution is -2.54. The van der Waals surface area contributed by atoms with Gasteiger partial charge >= 0.3 is 5.97 Å². The summed E-state index contributed by atoms with van der Waals surface area (Å²) in [6, 6.07) is 10.2. The predicted octanol–water partition coefficient (Wildman–Crippen LogP) is 0.976. The van der Waals surface area contributed by atoms with Crippen molar-refractivity contribution >= 4 is 5.97 Å². The van der Waals surface area contributed by atoms with Gasteiger partial charge in [-0.1, -0.05) is 30.3 Å². The van der Waals surface area contributed by atoms with Crippen LogP contribution in [0.5, 0.6) is 0 Å². The van der Waals surface area contributed by atoms with E-state index in [1.54, 1.807) is 0 Å². The van der Waals surface area contributed by atoms with Crippen molar-refractivity contribution in [2.45, 2.75) is 12.6 Å². The second kappa shape index (κ2) is 5.98. The molecule has 98 valence electrons. The minimum atomic E-state index is -0.146. The Kier molecular flexibility index (Phi) is 4.33. The molecule has 0 radical (unpaired) electrons. The summed E-state index contributed by atoms with van der Waals surface area (Å²) >= 11 is 0. The van der Waals surface area contributed by atoms with E-state index in [1.807, 2.05) is 25.2 Å². The van der Waals surface area contributed by atoms with Gasteiger partial charge in [0.25, 0.3) is 0 Å². The number of nitrogens with zero attached hydrogens (tertiary/aromatic N) is 2. The zero-order valence-electron chi connectivity index (χ0n) is 11.0. The smallest absolute Gasteiger partial charge is 0.324 e. The van der Waals surface area contributed by atoms with Crippen LogP contribution in [0.25, 0.3) is 0 Å². The third kappa shape index (κ3) is 3.09. The molecule has 1 atom stereocenters. The first-order valence-electron chi connectivity index (χ1n) is 6.25. The monoisotopic (exact) mass is 248 g/mol. The van der Waals surface area contributed by atoms with E-state index in [0.717, 1.165) is 26.2 Å². The van der Waals surface area contributed by atoms with E-state index < -0.39 is 0 Å². The molecule has 0 spiro atoms. The predicted molar refractivity (Wildman–Crippen MR) is 70.2 cm³/mol. The number of methoxy groups -OCH3 is 1. The third-order valence-electron chi connectivity index (χ3n) is 3.45. The number of hydrogen-bond acceptors (Lipinski definition) is 4. The summed E-state index contributed by atoms with van der Waals surface area (Å²) in [7, 11) is 3.42. The summed E-state index contributed by atoms with van der Waals surface area (Å²) in [6.07, 6.45) is 0. The van der Waals surface area contributed by atoms with Crippen LogP contribution in [-0.4, -0.2) is 55.6 Å². The molecule has 0 N–H and O–H groups in total. The zero-order valence-corrected chi connectivity index (χ0v) is 11.0. The fourth-order valence-corrected chi connectivity index (χ4v) is 2.31. The van der Waals surface area contributed by atoms with Gasteiger partial charge in [0.2, 0.25) is 0 Å². The maximum absolute atomic E-state index is 11.7. The molecule has 1 saturated heterocycles. The summed E-state index contributed by atoms with van der Waals surface area (Å²) in [5.41, 5.74) is 1.28. The highest BCUT2D eigenvalue weighted by atomic mass is 16.5. The number of carbonyl (C=O) groups is 1. The van der Waals surface area contributed by atoms with Gasteiger partial charge in [-0.15, -0.1) is 0 Å². The lowest BCUT2D eigenvalue weighted by atomic mass is 10.1. The summed E-state index contributed by atoms with van der Waals surface area (Å²) in [5, 5.41) is 0. The molecule has 1 aromatic carbocycles. The van der Waals surface area contributed by atoms with E-state index in [2.05, 4.69) is 21.9 Å². The Morgan fingerprint density at radius 1 is 1.33 bits per heavy atom. The first kappa shape index (κ1) is 13.1. The minimum Gasteiger partial charge on any atom is -0.468 e. The molecule has 0 aliphatic carbocycles. The molecule has 1 aromatic rings. The van der Waals surface area contributed by atoms with Crippen LogP contribution in [0.2, 0.25) is 0 Å². The van der Waals surface area contributed by atoms with E-state index in [4.69, 9.17) is 4.74 Å². The Hall–Kier alpha value is -1.39. The molecule has 0 amide bonds. The Bertz CT molecular complexity index is 394. The van der Waals surface area contributed by atoms with Gasteiger partial charge in [0.05, 0.1) is 7.11 Å². The quantitative estimate of drug-likeness (QED) is 0.746. The number of rotatable bonds is 3. The highest BCUT2D eigenvalue weighted by molar-refractivity contribution is 5.76. The van der Waals surface area contributed by atoms with Crippen molar-refractivity contribution in [1.29, 1.82) is 0 Å². The molecule has 4 heteroatoms. The van der Waals surface area contributed by atoms with Gasteiger partial charge in [0.1, 0.15) is 6.04 Å². The molecule has 0 saturated carbocycles. The van der Waals surface area contributed by atoms with Gasteiger partial charge in [-0.2, -0.15) is 0 Å². The SMILES string of the molecule is COC(=O)C1CN(Cc2ccccc2)CCN1C. The standard InChI is InChI=1S/C14H20N2O2/c1-15-8-9-16(11-13(15)14(17)18-2)10-12-6-4-3-5-7-12/h3-7,13H,8-11H2,1-2H3. The Labute approximate surface area is 108 Å². The van der Waals surface area contributed by atoms with Crippen LogP contribution in [-0.2, 0) is 16.1 Å². The zero-order chi connectivity index (χ0) is 13.0. The summed E-state index contributed by atoms with van der Waals surface area (Å²) < 4.78 is 4.85. The number of ether oxygens (including phenoxy) is 1. The van der Waals surface area contributed by atoms with Gasteiger partial charge in [0, 0.05) is 26.2 Å². The molecule has 0 aromatic heterocycles. The van der Waals surface area contributed by atoms with Crippen LogP contribution in [0.15, 0.2) is 30.3 Å². The van der Waals surface area contributed by atoms with E-state index in [0.29, 0.717) is 0 Å². The number of benzene rings is 1. The molecule has 0 bridgehead atoms. The fraction of sp³-hybridized carbons (Fsp3) is 0.500. The van der Waals surface area contributed by atoms with Crippen molar-refractivity contribution in [2.24, 2.45) is 0 Å². The summed E-state index contributed by atoms with van der Waals surface area (Å²) in [6.45, 7) is 3.51. The lowest BCUT2D eigenvalue weighted by Gasteiger charge is -2.37. The number of likely N-dealkylation sites (N-methyl/N-ethyl adjacent to an activating group) is 1. The molecular weight excluding hydrogens is 228 g/mol. The van der Waals surface area contributed by atoms with Crippen molar-refractivity contribution < 1.29 is 9.53 Å². The topological polar surface area (TPSA) is 32.8 Å². The summed E-state index contributed by atoms with van der Waals surface area (Å²) in [5.74, 6) is -0.143. The largest absolute Gasteiger partial charge is 0.468 e. The highest BCUT2D eigenvalue weighted by Crippen LogP contribution is 2.12. The van der Waals surface area contributed by atoms with Crippen molar-refractivity contribution in [3.05, 3.63) is 35.9 Å². The second-order valence-electron chi connectivity index (χ2n) is 4.74. The summed E-state index contributed by atoms with van der Waals surface area (Å²) in [4.78, 5) is 16.1. The van der Waals surface area contributed by atoms with Gasteiger partial charge in [0.15, 0.2) is 0 Å². The number of carbonyl (C=O) groups excluding carboxylic acids is 1. The first-order chi connectivity index (χ1) is 8.70. The van der Waals surface area contributed by atoms with Crippen molar-refractivity contribution in [3.63, 3.8) is 0 Å². The third-order valence-corrected chi connectivity index (χ3v) is 3.45. The maximum Gasteiger partial charge on any atom is 0.324 e. The second-order valence-corrected chi connectivity index (χ2v) is 4.74. The van der Waals surface area contributed by atoms with Crippen LogP contribution in [0, 0.1) is 0 Å². The molecule has 1 heterocycles. The number of hydrogen-bond donors (Lipinski definition) is 0. The van der Waals surface area contributed by atoms with Gasteiger partial charge in [-0.05, 0) is 12.6 Å². The van der Waals surface area contributed by atoms with Crippen molar-refractivity contribution in [2.75, 3.05) is 33.8 Å². The molecule has 2 rings (SSSR count). The Morgan fingerprint density at radius 2 is 2.06 bits per heavy atom. The Balaban J connectivity index is 1.97. The van der Waals surface area contributed by atoms with Crippen LogP contribution in [0.1, 0.15) is 5.56 Å². The van der Waals surface area contributed by atoms with Gasteiger partial charge in [-0.3, -0.25) is 14.6 Å². The highest BCUT2D eigenvalue weighted by Gasteiger charge is 2.30. The van der Waals surface area contributed by atoms with E-state index in [-0.39, 0.29) is 12.0 Å². The van der Waals surface area contributed by atoms with E-state index in [1.165, 1.54) is 12.7 Å². The van der Waals surface area contributed by atoms with Crippen LogP contribution in [0.3, 0.4) is 0 Å². The molecule has 1 aliphatic heterocycles. The Morgan fingerprint density at radius 3 is 2.72 bits per heavy atom. The van der Waals surface area contributed by atoms with Crippen LogP contribution in [0.4, 0.5) is 0 Å². The molecule has 1 unspecified atom stereocenters. The molecule has 1 aliphatic rings. The minimum absolute atomic E-state index is 0.143. The molecule has 4 nitrogen and oxygen atoms in total. The van der Waals surface area contributed by atoms with Crippen LogP contribution >= 0.6 is 0 Å². The maximum atomic E-state index is 11.7. The lowest BCUT2D eigenvalue weighted by molar-refractivity contribution is -0.148. The molecule has 1 fully saturated rings. The first-order valence-corrected chi connectivity index (χ1v) is 6.25. The average molecular weight is 248 g/mol. The number of esters is 1. The van der Waals surface area contributed by atoms with Crippen molar-refractivity contribution in [3.8, 4) is 0 Å². The van der Waals surface area contributed by atoms with E-state index in [9.17, 15) is 4.79 Å². The molecule has 18 heavy (non-hydrogen) atoms. The normalized spacial score (nSPS) is 21.8. The van der Waals surface area contributed by atoms with Gasteiger partial charge < -0.3 is 4.74 Å². The number of piperazine rings is 1. The van der Waals surface area contributed by atoms with Crippen molar-refractivity contribution in [1.82, 2.24) is 9.80 Å². The van der Waals surface area contributed by atoms with E-state index >= 15 is 0 Å². The molecular formula is C14H20N2O2. The fourth-order valence-electron chi connectivity index (χ4n) is 2.31. The van der Waals surface area contributed by atoms with Crippen LogP contribution < -0.4 is 0 Å². The average Bonchev–Trinajstić information content (AvgIpc) is 2.41.